The summed E-state index contributed by atoms with van der Waals surface area (Å²) in [5, 5.41) is 2.79. The molecule has 0 atom stereocenters. The third-order valence-corrected chi connectivity index (χ3v) is 6.11. The van der Waals surface area contributed by atoms with Crippen molar-refractivity contribution in [3.05, 3.63) is 0 Å². The summed E-state index contributed by atoms with van der Waals surface area (Å²) in [5.74, 6) is -0.285. The Hall–Kier alpha value is -1.26. The van der Waals surface area contributed by atoms with E-state index in [-0.39, 0.29) is 5.97 Å². The van der Waals surface area contributed by atoms with Crippen LogP contribution in [0.5, 0.6) is 0 Å². The van der Waals surface area contributed by atoms with E-state index in [1.54, 1.807) is 0 Å². The van der Waals surface area contributed by atoms with Gasteiger partial charge in [-0.25, -0.2) is 9.59 Å². The fourth-order valence-electron chi connectivity index (χ4n) is 4.21. The Labute approximate surface area is 185 Å². The first-order valence-corrected chi connectivity index (χ1v) is 12.8. The van der Waals surface area contributed by atoms with Crippen LogP contribution in [0, 0.1) is 0 Å². The zero-order valence-electron chi connectivity index (χ0n) is 19.8. The van der Waals surface area contributed by atoms with Crippen LogP contribution in [0.25, 0.3) is 0 Å². The molecule has 0 aromatic carbocycles. The minimum Gasteiger partial charge on any atom is -0.464 e. The molecular weight excluding hydrogens is 378 g/mol. The van der Waals surface area contributed by atoms with Gasteiger partial charge in [0.2, 0.25) is 0 Å². The van der Waals surface area contributed by atoms with E-state index in [1.165, 1.54) is 70.6 Å². The fraction of sp³-hybridized carbons (Fsp3) is 0.920. The van der Waals surface area contributed by atoms with Crippen LogP contribution in [-0.2, 0) is 14.3 Å². The SMILES string of the molecule is CCCCCCCCCCCCCCCOC(=O)C1(NC(=O)OCCC)CCCC1. The van der Waals surface area contributed by atoms with E-state index in [0.717, 1.165) is 32.1 Å². The van der Waals surface area contributed by atoms with Crippen molar-refractivity contribution in [3.63, 3.8) is 0 Å². The summed E-state index contributed by atoms with van der Waals surface area (Å²) in [5.41, 5.74) is -0.874. The Kier molecular flexibility index (Phi) is 15.6. The number of alkyl carbamates (subject to hydrolysis) is 1. The molecule has 0 saturated heterocycles. The standard InChI is InChI=1S/C25H47NO4/c1-3-5-6-7-8-9-10-11-12-13-14-15-18-22-29-23(27)25(19-16-17-20-25)26-24(28)30-21-4-2/h3-22H2,1-2H3,(H,26,28). The molecule has 0 aromatic heterocycles. The molecule has 5 nitrogen and oxygen atoms in total. The second kappa shape index (κ2) is 17.4. The lowest BCUT2D eigenvalue weighted by atomic mass is 9.98. The molecule has 1 amide bonds. The van der Waals surface area contributed by atoms with Crippen molar-refractivity contribution in [3.8, 4) is 0 Å². The molecule has 176 valence electrons. The summed E-state index contributed by atoms with van der Waals surface area (Å²) < 4.78 is 10.6. The van der Waals surface area contributed by atoms with Crippen molar-refractivity contribution in [2.24, 2.45) is 0 Å². The number of carbonyl (C=O) groups excluding carboxylic acids is 2. The molecule has 30 heavy (non-hydrogen) atoms. The molecule has 0 radical (unpaired) electrons. The molecule has 1 fully saturated rings. The summed E-state index contributed by atoms with van der Waals surface area (Å²) in [4.78, 5) is 24.5. The van der Waals surface area contributed by atoms with Crippen molar-refractivity contribution in [2.45, 2.75) is 135 Å². The third-order valence-electron chi connectivity index (χ3n) is 6.11. The number of hydrogen-bond acceptors (Lipinski definition) is 4. The number of rotatable bonds is 18. The van der Waals surface area contributed by atoms with Crippen molar-refractivity contribution in [1.82, 2.24) is 5.32 Å². The van der Waals surface area contributed by atoms with E-state index in [9.17, 15) is 9.59 Å². The van der Waals surface area contributed by atoms with Gasteiger partial charge in [-0.15, -0.1) is 0 Å². The van der Waals surface area contributed by atoms with Gasteiger partial charge < -0.3 is 14.8 Å². The Morgan fingerprint density at radius 1 is 0.667 bits per heavy atom. The van der Waals surface area contributed by atoms with Gasteiger partial charge >= 0.3 is 12.1 Å². The van der Waals surface area contributed by atoms with Crippen LogP contribution in [0.2, 0.25) is 0 Å². The average Bonchev–Trinajstić information content (AvgIpc) is 3.22. The largest absolute Gasteiger partial charge is 0.464 e. The van der Waals surface area contributed by atoms with Crippen molar-refractivity contribution >= 4 is 12.1 Å². The maximum Gasteiger partial charge on any atom is 0.408 e. The van der Waals surface area contributed by atoms with Crippen LogP contribution < -0.4 is 5.32 Å². The number of hydrogen-bond donors (Lipinski definition) is 1. The minimum absolute atomic E-state index is 0.285. The van der Waals surface area contributed by atoms with Gasteiger partial charge in [0.1, 0.15) is 5.54 Å². The first-order chi connectivity index (χ1) is 14.6. The summed E-state index contributed by atoms with van der Waals surface area (Å²) in [7, 11) is 0. The zero-order chi connectivity index (χ0) is 21.9. The molecule has 1 rings (SSSR count). The van der Waals surface area contributed by atoms with Gasteiger partial charge in [0.15, 0.2) is 0 Å². The second-order valence-corrected chi connectivity index (χ2v) is 8.93. The molecule has 0 bridgehead atoms. The monoisotopic (exact) mass is 425 g/mol. The highest BCUT2D eigenvalue weighted by molar-refractivity contribution is 5.86. The number of amides is 1. The lowest BCUT2D eigenvalue weighted by Crippen LogP contribution is -2.53. The van der Waals surface area contributed by atoms with Gasteiger partial charge in [-0.3, -0.25) is 0 Å². The molecule has 1 aliphatic rings. The van der Waals surface area contributed by atoms with E-state index in [0.29, 0.717) is 26.1 Å². The average molecular weight is 426 g/mol. The lowest BCUT2D eigenvalue weighted by Gasteiger charge is -2.27. The van der Waals surface area contributed by atoms with Crippen LogP contribution in [0.15, 0.2) is 0 Å². The first kappa shape index (κ1) is 26.8. The second-order valence-electron chi connectivity index (χ2n) is 8.93. The molecule has 1 aliphatic carbocycles. The summed E-state index contributed by atoms with van der Waals surface area (Å²) in [6.45, 7) is 5.03. The Morgan fingerprint density at radius 3 is 1.67 bits per heavy atom. The van der Waals surface area contributed by atoms with Crippen LogP contribution in [0.4, 0.5) is 4.79 Å². The van der Waals surface area contributed by atoms with Crippen LogP contribution in [0.1, 0.15) is 129 Å². The molecule has 1 saturated carbocycles. The van der Waals surface area contributed by atoms with Crippen LogP contribution in [0.3, 0.4) is 0 Å². The quantitative estimate of drug-likeness (QED) is 0.188. The molecule has 0 heterocycles. The number of ether oxygens (including phenoxy) is 2. The molecular formula is C25H47NO4. The fourth-order valence-corrected chi connectivity index (χ4v) is 4.21. The van der Waals surface area contributed by atoms with Gasteiger partial charge in [-0.2, -0.15) is 0 Å². The minimum atomic E-state index is -0.874. The number of unbranched alkanes of at least 4 members (excludes halogenated alkanes) is 12. The van der Waals surface area contributed by atoms with Crippen molar-refractivity contribution < 1.29 is 19.1 Å². The highest BCUT2D eigenvalue weighted by Gasteiger charge is 2.44. The zero-order valence-corrected chi connectivity index (χ0v) is 19.8. The number of nitrogens with one attached hydrogen (secondary N) is 1. The molecule has 0 aromatic rings. The molecule has 1 N–H and O–H groups in total. The maximum atomic E-state index is 12.6. The number of esters is 1. The lowest BCUT2D eigenvalue weighted by molar-refractivity contribution is -0.151. The predicted molar refractivity (Wildman–Crippen MR) is 123 cm³/mol. The maximum absolute atomic E-state index is 12.6. The van der Waals surface area contributed by atoms with Gasteiger partial charge in [-0.1, -0.05) is 104 Å². The Balaban J connectivity index is 2.03. The Morgan fingerprint density at radius 2 is 1.17 bits per heavy atom. The third kappa shape index (κ3) is 11.8. The van der Waals surface area contributed by atoms with E-state index < -0.39 is 11.6 Å². The topological polar surface area (TPSA) is 64.6 Å². The Bertz CT molecular complexity index is 446. The molecule has 0 spiro atoms. The van der Waals surface area contributed by atoms with Crippen molar-refractivity contribution in [1.29, 1.82) is 0 Å². The van der Waals surface area contributed by atoms with E-state index in [2.05, 4.69) is 12.2 Å². The highest BCUT2D eigenvalue weighted by atomic mass is 16.6. The predicted octanol–water partition coefficient (Wildman–Crippen LogP) is 7.07. The van der Waals surface area contributed by atoms with Crippen LogP contribution in [-0.4, -0.2) is 30.8 Å². The van der Waals surface area contributed by atoms with E-state index >= 15 is 0 Å². The molecule has 5 heteroatoms. The molecule has 0 aliphatic heterocycles. The van der Waals surface area contributed by atoms with E-state index in [4.69, 9.17) is 9.47 Å². The van der Waals surface area contributed by atoms with Gasteiger partial charge in [-0.05, 0) is 25.7 Å². The van der Waals surface area contributed by atoms with Crippen LogP contribution >= 0.6 is 0 Å². The highest BCUT2D eigenvalue weighted by Crippen LogP contribution is 2.31. The first-order valence-electron chi connectivity index (χ1n) is 12.8. The summed E-state index contributed by atoms with van der Waals surface area (Å²) >= 11 is 0. The van der Waals surface area contributed by atoms with Gasteiger partial charge in [0.05, 0.1) is 13.2 Å². The normalized spacial score (nSPS) is 15.1. The summed E-state index contributed by atoms with van der Waals surface area (Å²) in [6, 6.07) is 0. The van der Waals surface area contributed by atoms with E-state index in [1.807, 2.05) is 6.92 Å². The van der Waals surface area contributed by atoms with Crippen molar-refractivity contribution in [2.75, 3.05) is 13.2 Å². The number of carbonyl (C=O) groups is 2. The smallest absolute Gasteiger partial charge is 0.408 e. The van der Waals surface area contributed by atoms with Gasteiger partial charge in [0.25, 0.3) is 0 Å². The van der Waals surface area contributed by atoms with Gasteiger partial charge in [0, 0.05) is 0 Å². The molecule has 0 unspecified atom stereocenters. The summed E-state index contributed by atoms with van der Waals surface area (Å²) in [6.07, 6.45) is 20.3.